The zero-order chi connectivity index (χ0) is 8.53. The molecule has 0 fully saturated rings. The van der Waals surface area contributed by atoms with Gasteiger partial charge >= 0.3 is 0 Å². The molecule has 0 bridgehead atoms. The molecule has 0 atom stereocenters. The summed E-state index contributed by atoms with van der Waals surface area (Å²) in [7, 11) is 0. The van der Waals surface area contributed by atoms with E-state index in [1.807, 2.05) is 0 Å². The minimum atomic E-state index is 1.03. The largest absolute Gasteiger partial charge is 0.0843 e. The van der Waals surface area contributed by atoms with E-state index in [0.29, 0.717) is 0 Å². The summed E-state index contributed by atoms with van der Waals surface area (Å²) in [5.74, 6) is 0. The number of rotatable bonds is 5. The molecule has 0 saturated heterocycles. The van der Waals surface area contributed by atoms with Crippen molar-refractivity contribution in [1.29, 1.82) is 0 Å². The Labute approximate surface area is 71.0 Å². The topological polar surface area (TPSA) is 0 Å². The van der Waals surface area contributed by atoms with Crippen molar-refractivity contribution < 1.29 is 0 Å². The van der Waals surface area contributed by atoms with Gasteiger partial charge < -0.3 is 0 Å². The maximum absolute atomic E-state index is 3.32. The first-order valence-electron chi connectivity index (χ1n) is 4.61. The maximum Gasteiger partial charge on any atom is -0.0302 e. The van der Waals surface area contributed by atoms with Gasteiger partial charge in [0.15, 0.2) is 0 Å². The normalized spacial score (nSPS) is 12.8. The molecule has 0 saturated carbocycles. The Balaban J connectivity index is 3.76. The Morgan fingerprint density at radius 1 is 1.27 bits per heavy atom. The van der Waals surface area contributed by atoms with Gasteiger partial charge in [0.05, 0.1) is 0 Å². The summed E-state index contributed by atoms with van der Waals surface area (Å²) in [5, 5.41) is 0. The minimum Gasteiger partial charge on any atom is -0.0843 e. The quantitative estimate of drug-likeness (QED) is 0.523. The van der Waals surface area contributed by atoms with Crippen LogP contribution in [0.15, 0.2) is 17.7 Å². The standard InChI is InChI=1S/C11H19/c1-4-7-8-10-11(6-3)9-5-2/h8,10H,4-7H2,1-3H3/b10-8+,11-9?. The fraction of sp³-hybridized carbons (Fsp3) is 0.636. The second-order valence-corrected chi connectivity index (χ2v) is 2.60. The lowest BCUT2D eigenvalue weighted by molar-refractivity contribution is 0.954. The third kappa shape index (κ3) is 5.90. The van der Waals surface area contributed by atoms with Gasteiger partial charge in [-0.15, -0.1) is 0 Å². The predicted octanol–water partition coefficient (Wildman–Crippen LogP) is 3.89. The van der Waals surface area contributed by atoms with Gasteiger partial charge in [0.1, 0.15) is 0 Å². The van der Waals surface area contributed by atoms with Crippen molar-refractivity contribution in [3.8, 4) is 0 Å². The molecule has 0 aliphatic heterocycles. The molecule has 0 unspecified atom stereocenters. The van der Waals surface area contributed by atoms with Crippen LogP contribution in [-0.4, -0.2) is 0 Å². The highest BCUT2D eigenvalue weighted by Gasteiger charge is 1.85. The summed E-state index contributed by atoms with van der Waals surface area (Å²) in [4.78, 5) is 0. The van der Waals surface area contributed by atoms with Crippen molar-refractivity contribution >= 4 is 0 Å². The molecule has 0 heterocycles. The number of unbranched alkanes of at least 4 members (excludes halogenated alkanes) is 1. The van der Waals surface area contributed by atoms with Crippen molar-refractivity contribution in [2.24, 2.45) is 0 Å². The van der Waals surface area contributed by atoms with Crippen molar-refractivity contribution in [3.05, 3.63) is 23.8 Å². The first-order valence-corrected chi connectivity index (χ1v) is 4.61. The lowest BCUT2D eigenvalue weighted by atomic mass is 10.1. The van der Waals surface area contributed by atoms with Crippen LogP contribution in [0.25, 0.3) is 0 Å². The molecular weight excluding hydrogens is 132 g/mol. The van der Waals surface area contributed by atoms with Crippen molar-refractivity contribution in [2.75, 3.05) is 0 Å². The SMILES string of the molecule is CC/[C]=C(\C=C\CCC)CC. The van der Waals surface area contributed by atoms with Gasteiger partial charge in [0.2, 0.25) is 0 Å². The molecule has 0 rings (SSSR count). The van der Waals surface area contributed by atoms with E-state index in [0.717, 1.165) is 12.8 Å². The van der Waals surface area contributed by atoms with Crippen LogP contribution < -0.4 is 0 Å². The molecule has 63 valence electrons. The lowest BCUT2D eigenvalue weighted by Crippen LogP contribution is -1.74. The molecule has 0 spiro atoms. The van der Waals surface area contributed by atoms with E-state index in [2.05, 4.69) is 39.0 Å². The Morgan fingerprint density at radius 3 is 2.45 bits per heavy atom. The summed E-state index contributed by atoms with van der Waals surface area (Å²) in [6, 6.07) is 0. The van der Waals surface area contributed by atoms with Crippen LogP contribution in [-0.2, 0) is 0 Å². The van der Waals surface area contributed by atoms with Gasteiger partial charge in [0.25, 0.3) is 0 Å². The Bertz CT molecular complexity index is 129. The van der Waals surface area contributed by atoms with E-state index in [1.165, 1.54) is 18.4 Å². The molecule has 0 aliphatic rings. The molecule has 0 aromatic rings. The Hall–Kier alpha value is -0.520. The Morgan fingerprint density at radius 2 is 2.00 bits per heavy atom. The van der Waals surface area contributed by atoms with E-state index < -0.39 is 0 Å². The van der Waals surface area contributed by atoms with Crippen LogP contribution >= 0.6 is 0 Å². The highest BCUT2D eigenvalue weighted by atomic mass is 13.9. The minimum absolute atomic E-state index is 1.03. The van der Waals surface area contributed by atoms with Gasteiger partial charge in [-0.3, -0.25) is 0 Å². The second kappa shape index (κ2) is 7.59. The predicted molar refractivity (Wildman–Crippen MR) is 51.4 cm³/mol. The van der Waals surface area contributed by atoms with Gasteiger partial charge in [0, 0.05) is 0 Å². The third-order valence-electron chi connectivity index (χ3n) is 1.56. The van der Waals surface area contributed by atoms with Crippen molar-refractivity contribution in [2.45, 2.75) is 46.5 Å². The van der Waals surface area contributed by atoms with Crippen LogP contribution in [0, 0.1) is 6.08 Å². The zero-order valence-corrected chi connectivity index (χ0v) is 7.98. The molecular formula is C11H19. The summed E-state index contributed by atoms with van der Waals surface area (Å²) in [5.41, 5.74) is 1.35. The molecule has 0 heteroatoms. The molecule has 0 aliphatic carbocycles. The molecule has 0 aromatic heterocycles. The Kier molecular flexibility index (Phi) is 7.23. The third-order valence-corrected chi connectivity index (χ3v) is 1.56. The molecule has 11 heavy (non-hydrogen) atoms. The fourth-order valence-corrected chi connectivity index (χ4v) is 0.921. The molecule has 0 nitrogen and oxygen atoms in total. The first kappa shape index (κ1) is 10.5. The monoisotopic (exact) mass is 151 g/mol. The summed E-state index contributed by atoms with van der Waals surface area (Å²) < 4.78 is 0. The van der Waals surface area contributed by atoms with E-state index in [4.69, 9.17) is 0 Å². The smallest absolute Gasteiger partial charge is 0.0302 e. The van der Waals surface area contributed by atoms with Crippen LogP contribution in [0.4, 0.5) is 0 Å². The van der Waals surface area contributed by atoms with Gasteiger partial charge in [-0.05, 0) is 30.9 Å². The fourth-order valence-electron chi connectivity index (χ4n) is 0.921. The molecule has 0 N–H and O–H groups in total. The maximum atomic E-state index is 3.32. The van der Waals surface area contributed by atoms with Crippen LogP contribution in [0.1, 0.15) is 46.5 Å². The van der Waals surface area contributed by atoms with Gasteiger partial charge in [-0.2, -0.15) is 0 Å². The van der Waals surface area contributed by atoms with Crippen molar-refractivity contribution in [3.63, 3.8) is 0 Å². The average molecular weight is 151 g/mol. The van der Waals surface area contributed by atoms with E-state index >= 15 is 0 Å². The van der Waals surface area contributed by atoms with E-state index in [9.17, 15) is 0 Å². The van der Waals surface area contributed by atoms with Crippen LogP contribution in [0.2, 0.25) is 0 Å². The van der Waals surface area contributed by atoms with Crippen LogP contribution in [0.5, 0.6) is 0 Å². The number of hydrogen-bond acceptors (Lipinski definition) is 0. The van der Waals surface area contributed by atoms with Crippen LogP contribution in [0.3, 0.4) is 0 Å². The van der Waals surface area contributed by atoms with Gasteiger partial charge in [-0.25, -0.2) is 0 Å². The van der Waals surface area contributed by atoms with E-state index in [1.54, 1.807) is 0 Å². The highest BCUT2D eigenvalue weighted by Crippen LogP contribution is 2.04. The lowest BCUT2D eigenvalue weighted by Gasteiger charge is -1.93. The molecule has 1 radical (unpaired) electrons. The summed E-state index contributed by atoms with van der Waals surface area (Å²) in [6.07, 6.45) is 12.3. The van der Waals surface area contributed by atoms with E-state index in [-0.39, 0.29) is 0 Å². The molecule has 0 amide bonds. The van der Waals surface area contributed by atoms with Crippen molar-refractivity contribution in [1.82, 2.24) is 0 Å². The number of hydrogen-bond donors (Lipinski definition) is 0. The number of allylic oxidation sites excluding steroid dienone is 4. The molecule has 0 aromatic carbocycles. The van der Waals surface area contributed by atoms with Gasteiger partial charge in [-0.1, -0.05) is 39.3 Å². The summed E-state index contributed by atoms with van der Waals surface area (Å²) >= 11 is 0. The zero-order valence-electron chi connectivity index (χ0n) is 7.98. The summed E-state index contributed by atoms with van der Waals surface area (Å²) in [6.45, 7) is 6.50. The second-order valence-electron chi connectivity index (χ2n) is 2.60. The average Bonchev–Trinajstić information content (AvgIpc) is 2.03. The first-order chi connectivity index (χ1) is 5.35. The highest BCUT2D eigenvalue weighted by molar-refractivity contribution is 5.14.